The van der Waals surface area contributed by atoms with Gasteiger partial charge >= 0.3 is 6.09 Å². The van der Waals surface area contributed by atoms with Gasteiger partial charge in [-0.15, -0.1) is 0 Å². The summed E-state index contributed by atoms with van der Waals surface area (Å²) in [4.78, 5) is 18.8. The monoisotopic (exact) mass is 472 g/mol. The van der Waals surface area contributed by atoms with Crippen LogP contribution >= 0.6 is 0 Å². The van der Waals surface area contributed by atoms with Crippen LogP contribution in [-0.2, 0) is 14.8 Å². The van der Waals surface area contributed by atoms with Crippen molar-refractivity contribution in [2.24, 2.45) is 5.10 Å². The van der Waals surface area contributed by atoms with Gasteiger partial charge in [0.25, 0.3) is 10.0 Å². The molecule has 0 bridgehead atoms. The molecule has 0 radical (unpaired) electrons. The van der Waals surface area contributed by atoms with Gasteiger partial charge < -0.3 is 14.5 Å². The fraction of sp³-hybridized carbons (Fsp3) is 0.417. The first-order chi connectivity index (χ1) is 15.5. The summed E-state index contributed by atoms with van der Waals surface area (Å²) < 4.78 is 30.5. The van der Waals surface area contributed by atoms with Crippen LogP contribution in [0.1, 0.15) is 38.3 Å². The maximum Gasteiger partial charge on any atom is 0.410 e. The molecule has 1 aliphatic rings. The molecule has 1 amide bonds. The summed E-state index contributed by atoms with van der Waals surface area (Å²) in [6.07, 6.45) is 2.01. The Balaban J connectivity index is 1.69. The Kier molecular flexibility index (Phi) is 7.63. The van der Waals surface area contributed by atoms with Crippen LogP contribution in [0, 0.1) is 6.92 Å². The van der Waals surface area contributed by atoms with E-state index in [2.05, 4.69) is 14.8 Å². The van der Waals surface area contributed by atoms with Crippen molar-refractivity contribution in [3.05, 3.63) is 59.7 Å². The second-order valence-corrected chi connectivity index (χ2v) is 10.7. The zero-order chi connectivity index (χ0) is 24.1. The number of amides is 1. The van der Waals surface area contributed by atoms with Gasteiger partial charge in [-0.05, 0) is 52.3 Å². The first-order valence-corrected chi connectivity index (χ1v) is 12.5. The van der Waals surface area contributed by atoms with Gasteiger partial charge in [0.2, 0.25) is 0 Å². The smallest absolute Gasteiger partial charge is 0.410 e. The fourth-order valence-electron chi connectivity index (χ4n) is 3.49. The number of hydrazone groups is 1. The van der Waals surface area contributed by atoms with Crippen molar-refractivity contribution in [2.45, 2.75) is 44.6 Å². The molecular formula is C24H32N4O4S. The second-order valence-electron chi connectivity index (χ2n) is 9.03. The highest BCUT2D eigenvalue weighted by Gasteiger charge is 2.25. The summed E-state index contributed by atoms with van der Waals surface area (Å²) in [7, 11) is -3.74. The zero-order valence-corrected chi connectivity index (χ0v) is 20.4. The van der Waals surface area contributed by atoms with E-state index in [1.54, 1.807) is 29.2 Å². The maximum absolute atomic E-state index is 12.5. The molecule has 9 heteroatoms. The van der Waals surface area contributed by atoms with Gasteiger partial charge in [-0.25, -0.2) is 9.63 Å². The molecule has 33 heavy (non-hydrogen) atoms. The SMILES string of the molecule is Cc1ccc(S(=O)(=O)N/N=C/c2ccccc2N2CCCN(C(=O)OC(C)(C)C)CC2)cc1. The second kappa shape index (κ2) is 10.2. The van der Waals surface area contributed by atoms with E-state index in [0.717, 1.165) is 29.8 Å². The van der Waals surface area contributed by atoms with Crippen molar-refractivity contribution in [3.63, 3.8) is 0 Å². The van der Waals surface area contributed by atoms with E-state index < -0.39 is 15.6 Å². The van der Waals surface area contributed by atoms with Gasteiger partial charge in [0.15, 0.2) is 0 Å². The number of ether oxygens (including phenoxy) is 1. The van der Waals surface area contributed by atoms with E-state index in [1.807, 2.05) is 52.0 Å². The van der Waals surface area contributed by atoms with Crippen molar-refractivity contribution in [3.8, 4) is 0 Å². The quantitative estimate of drug-likeness (QED) is 0.529. The minimum atomic E-state index is -3.74. The highest BCUT2D eigenvalue weighted by Crippen LogP contribution is 2.21. The van der Waals surface area contributed by atoms with Crippen molar-refractivity contribution in [1.29, 1.82) is 0 Å². The summed E-state index contributed by atoms with van der Waals surface area (Å²) >= 11 is 0. The molecule has 8 nitrogen and oxygen atoms in total. The molecule has 1 N–H and O–H groups in total. The minimum Gasteiger partial charge on any atom is -0.444 e. The third-order valence-electron chi connectivity index (χ3n) is 5.13. The number of carbonyl (C=O) groups is 1. The normalized spacial score (nSPS) is 15.4. The van der Waals surface area contributed by atoms with Crippen LogP contribution in [0.5, 0.6) is 0 Å². The highest BCUT2D eigenvalue weighted by molar-refractivity contribution is 7.89. The largest absolute Gasteiger partial charge is 0.444 e. The fourth-order valence-corrected chi connectivity index (χ4v) is 4.28. The Hall–Kier alpha value is -3.07. The Labute approximate surface area is 196 Å². The number of nitrogens with zero attached hydrogens (tertiary/aromatic N) is 3. The number of rotatable bonds is 5. The van der Waals surface area contributed by atoms with E-state index >= 15 is 0 Å². The van der Waals surface area contributed by atoms with Gasteiger partial charge in [-0.1, -0.05) is 35.9 Å². The summed E-state index contributed by atoms with van der Waals surface area (Å²) in [5, 5.41) is 4.00. The van der Waals surface area contributed by atoms with Crippen molar-refractivity contribution in [1.82, 2.24) is 9.73 Å². The van der Waals surface area contributed by atoms with Gasteiger partial charge in [0.1, 0.15) is 5.60 Å². The summed E-state index contributed by atoms with van der Waals surface area (Å²) in [5.41, 5.74) is 2.17. The lowest BCUT2D eigenvalue weighted by Gasteiger charge is -2.27. The number of sulfonamides is 1. The molecule has 178 valence electrons. The number of nitrogens with one attached hydrogen (secondary N) is 1. The van der Waals surface area contributed by atoms with Crippen LogP contribution in [0.25, 0.3) is 0 Å². The lowest BCUT2D eigenvalue weighted by atomic mass is 10.1. The summed E-state index contributed by atoms with van der Waals surface area (Å²) in [6, 6.07) is 14.3. The van der Waals surface area contributed by atoms with E-state index in [0.29, 0.717) is 19.6 Å². The van der Waals surface area contributed by atoms with Gasteiger partial charge in [-0.2, -0.15) is 13.5 Å². The molecule has 0 spiro atoms. The number of hydrogen-bond acceptors (Lipinski definition) is 6. The molecule has 2 aromatic carbocycles. The van der Waals surface area contributed by atoms with Crippen molar-refractivity contribution in [2.75, 3.05) is 31.1 Å². The van der Waals surface area contributed by atoms with Crippen LogP contribution in [-0.4, -0.2) is 57.4 Å². The van der Waals surface area contributed by atoms with Crippen LogP contribution < -0.4 is 9.73 Å². The Morgan fingerprint density at radius 3 is 2.42 bits per heavy atom. The Morgan fingerprint density at radius 1 is 1.03 bits per heavy atom. The third-order valence-corrected chi connectivity index (χ3v) is 6.37. The van der Waals surface area contributed by atoms with Crippen LogP contribution in [0.2, 0.25) is 0 Å². The minimum absolute atomic E-state index is 0.160. The van der Waals surface area contributed by atoms with Gasteiger partial charge in [-0.3, -0.25) is 0 Å². The zero-order valence-electron chi connectivity index (χ0n) is 19.6. The summed E-state index contributed by atoms with van der Waals surface area (Å²) in [6.45, 7) is 10.0. The molecule has 0 unspecified atom stereocenters. The molecular weight excluding hydrogens is 440 g/mol. The van der Waals surface area contributed by atoms with E-state index in [4.69, 9.17) is 4.74 Å². The molecule has 1 saturated heterocycles. The first-order valence-electron chi connectivity index (χ1n) is 11.0. The Bertz CT molecular complexity index is 1090. The number of carbonyl (C=O) groups excluding carboxylic acids is 1. The molecule has 3 rings (SSSR count). The summed E-state index contributed by atoms with van der Waals surface area (Å²) in [5.74, 6) is 0. The topological polar surface area (TPSA) is 91.3 Å². The van der Waals surface area contributed by atoms with Crippen LogP contribution in [0.3, 0.4) is 0 Å². The maximum atomic E-state index is 12.5. The molecule has 0 saturated carbocycles. The molecule has 1 aliphatic heterocycles. The number of anilines is 1. The molecule has 1 fully saturated rings. The third kappa shape index (κ3) is 6.95. The predicted molar refractivity (Wildman–Crippen MR) is 130 cm³/mol. The molecule has 0 atom stereocenters. The predicted octanol–water partition coefficient (Wildman–Crippen LogP) is 3.75. The van der Waals surface area contributed by atoms with Crippen LogP contribution in [0.15, 0.2) is 58.5 Å². The Morgan fingerprint density at radius 2 is 1.73 bits per heavy atom. The van der Waals surface area contributed by atoms with Crippen molar-refractivity contribution < 1.29 is 17.9 Å². The average molecular weight is 473 g/mol. The number of hydrogen-bond donors (Lipinski definition) is 1. The molecule has 0 aliphatic carbocycles. The van der Waals surface area contributed by atoms with E-state index in [9.17, 15) is 13.2 Å². The van der Waals surface area contributed by atoms with Gasteiger partial charge in [0, 0.05) is 37.4 Å². The molecule has 2 aromatic rings. The molecule has 0 aromatic heterocycles. The highest BCUT2D eigenvalue weighted by atomic mass is 32.2. The molecule has 1 heterocycles. The number of para-hydroxylation sites is 1. The lowest BCUT2D eigenvalue weighted by Crippen LogP contribution is -2.39. The van der Waals surface area contributed by atoms with E-state index in [-0.39, 0.29) is 11.0 Å². The van der Waals surface area contributed by atoms with Crippen LogP contribution in [0.4, 0.5) is 10.5 Å². The van der Waals surface area contributed by atoms with Gasteiger partial charge in [0.05, 0.1) is 11.1 Å². The van der Waals surface area contributed by atoms with E-state index in [1.165, 1.54) is 6.21 Å². The lowest BCUT2D eigenvalue weighted by molar-refractivity contribution is 0.0263. The number of aryl methyl sites for hydroxylation is 1. The average Bonchev–Trinajstić information content (AvgIpc) is 2.99. The first kappa shape index (κ1) is 24.6. The van der Waals surface area contributed by atoms with Crippen molar-refractivity contribution >= 4 is 28.0 Å². The standard InChI is InChI=1S/C24H32N4O4S/c1-19-10-12-21(13-11-19)33(30,31)26-25-18-20-8-5-6-9-22(20)27-14-7-15-28(17-16-27)23(29)32-24(2,3)4/h5-6,8-13,18,26H,7,14-17H2,1-4H3/b25-18+. The number of benzene rings is 2.